The highest BCUT2D eigenvalue weighted by molar-refractivity contribution is 7.99. The van der Waals surface area contributed by atoms with E-state index in [4.69, 9.17) is 0 Å². The van der Waals surface area contributed by atoms with E-state index in [9.17, 15) is 5.11 Å². The average molecular weight is 304 g/mol. The Balaban J connectivity index is 1.96. The van der Waals surface area contributed by atoms with Gasteiger partial charge in [0.15, 0.2) is 0 Å². The number of aromatic hydroxyl groups is 1. The normalized spacial score (nSPS) is 13.5. The van der Waals surface area contributed by atoms with Gasteiger partial charge in [-0.25, -0.2) is 0 Å². The zero-order chi connectivity index (χ0) is 15.1. The average Bonchev–Trinajstić information content (AvgIpc) is 2.55. The number of phenols is 1. The fourth-order valence-electron chi connectivity index (χ4n) is 3.13. The van der Waals surface area contributed by atoms with Gasteiger partial charge >= 0.3 is 0 Å². The Labute approximate surface area is 134 Å². The molecule has 22 heavy (non-hydrogen) atoms. The van der Waals surface area contributed by atoms with Crippen molar-refractivity contribution in [3.05, 3.63) is 89.0 Å². The molecule has 2 heteroatoms. The number of hydrogen-bond donors (Lipinski definition) is 1. The van der Waals surface area contributed by atoms with Crippen LogP contribution < -0.4 is 0 Å². The fourth-order valence-corrected chi connectivity index (χ4v) is 4.26. The molecule has 0 amide bonds. The second kappa shape index (κ2) is 5.22. The van der Waals surface area contributed by atoms with Crippen molar-refractivity contribution in [2.45, 2.75) is 22.6 Å². The monoisotopic (exact) mass is 304 g/mol. The third-order valence-electron chi connectivity index (χ3n) is 4.23. The second-order valence-corrected chi connectivity index (χ2v) is 6.74. The molecule has 1 aliphatic rings. The molecule has 0 radical (unpaired) electrons. The molecule has 0 atom stereocenters. The van der Waals surface area contributed by atoms with Crippen molar-refractivity contribution in [1.29, 1.82) is 0 Å². The molecule has 1 N–H and O–H groups in total. The van der Waals surface area contributed by atoms with E-state index < -0.39 is 0 Å². The van der Waals surface area contributed by atoms with Crippen molar-refractivity contribution < 1.29 is 5.11 Å². The summed E-state index contributed by atoms with van der Waals surface area (Å²) in [6.45, 7) is 1.95. The van der Waals surface area contributed by atoms with Crippen LogP contribution in [0.2, 0.25) is 0 Å². The van der Waals surface area contributed by atoms with Gasteiger partial charge < -0.3 is 5.11 Å². The van der Waals surface area contributed by atoms with Crippen LogP contribution in [0, 0.1) is 6.92 Å². The van der Waals surface area contributed by atoms with Gasteiger partial charge in [-0.15, -0.1) is 0 Å². The van der Waals surface area contributed by atoms with E-state index in [0.29, 0.717) is 5.75 Å². The first kappa shape index (κ1) is 13.5. The first-order valence-electron chi connectivity index (χ1n) is 7.39. The van der Waals surface area contributed by atoms with Crippen molar-refractivity contribution in [2.24, 2.45) is 0 Å². The topological polar surface area (TPSA) is 20.2 Å². The van der Waals surface area contributed by atoms with E-state index in [0.717, 1.165) is 5.56 Å². The lowest BCUT2D eigenvalue weighted by molar-refractivity contribution is 0.471. The van der Waals surface area contributed by atoms with Gasteiger partial charge in [-0.2, -0.15) is 0 Å². The Bertz CT molecular complexity index is 808. The van der Waals surface area contributed by atoms with Crippen LogP contribution in [-0.2, 0) is 0 Å². The SMILES string of the molecule is Cc1cc(C2c3ccccc3Sc3ccccc32)ccc1O. The molecule has 0 aliphatic carbocycles. The Morgan fingerprint density at radius 3 is 2.00 bits per heavy atom. The number of benzene rings is 3. The number of hydrogen-bond acceptors (Lipinski definition) is 2. The highest BCUT2D eigenvalue weighted by atomic mass is 32.2. The van der Waals surface area contributed by atoms with Crippen molar-refractivity contribution >= 4 is 11.8 Å². The summed E-state index contributed by atoms with van der Waals surface area (Å²) in [7, 11) is 0. The van der Waals surface area contributed by atoms with Gasteiger partial charge in [0, 0.05) is 15.7 Å². The molecule has 0 bridgehead atoms. The summed E-state index contributed by atoms with van der Waals surface area (Å²) in [5, 5.41) is 9.83. The maximum atomic E-state index is 9.83. The molecule has 4 rings (SSSR count). The molecule has 0 saturated heterocycles. The van der Waals surface area contributed by atoms with Crippen LogP contribution in [0.1, 0.15) is 28.2 Å². The molecule has 1 heterocycles. The third-order valence-corrected chi connectivity index (χ3v) is 5.42. The number of aryl methyl sites for hydroxylation is 1. The standard InChI is InChI=1S/C20H16OS/c1-13-12-14(10-11-17(13)21)20-15-6-2-4-8-18(15)22-19-9-5-3-7-16(19)20/h2-12,20-21H,1H3. The van der Waals surface area contributed by atoms with E-state index in [-0.39, 0.29) is 5.92 Å². The summed E-state index contributed by atoms with van der Waals surface area (Å²) < 4.78 is 0. The van der Waals surface area contributed by atoms with Crippen molar-refractivity contribution in [3.8, 4) is 5.75 Å². The van der Waals surface area contributed by atoms with Gasteiger partial charge in [-0.05, 0) is 47.4 Å². The van der Waals surface area contributed by atoms with Crippen molar-refractivity contribution in [2.75, 3.05) is 0 Å². The van der Waals surface area contributed by atoms with Crippen molar-refractivity contribution in [3.63, 3.8) is 0 Å². The zero-order valence-electron chi connectivity index (χ0n) is 12.3. The summed E-state index contributed by atoms with van der Waals surface area (Å²) in [5.41, 5.74) is 4.84. The lowest BCUT2D eigenvalue weighted by Gasteiger charge is -2.28. The molecule has 108 valence electrons. The number of fused-ring (bicyclic) bond motifs is 2. The second-order valence-electron chi connectivity index (χ2n) is 5.66. The van der Waals surface area contributed by atoms with Crippen LogP contribution in [0.25, 0.3) is 0 Å². The molecule has 0 aromatic heterocycles. The molecule has 1 nitrogen and oxygen atoms in total. The quantitative estimate of drug-likeness (QED) is 0.512. The summed E-state index contributed by atoms with van der Waals surface area (Å²) in [5.74, 6) is 0.587. The van der Waals surface area contributed by atoms with Crippen LogP contribution in [0.3, 0.4) is 0 Å². The predicted octanol–water partition coefficient (Wildman–Crippen LogP) is 5.35. The molecule has 0 saturated carbocycles. The highest BCUT2D eigenvalue weighted by Crippen LogP contribution is 2.48. The van der Waals surface area contributed by atoms with Crippen molar-refractivity contribution in [1.82, 2.24) is 0 Å². The maximum absolute atomic E-state index is 9.83. The Morgan fingerprint density at radius 1 is 0.818 bits per heavy atom. The third kappa shape index (κ3) is 2.11. The smallest absolute Gasteiger partial charge is 0.118 e. The summed E-state index contributed by atoms with van der Waals surface area (Å²) in [6.07, 6.45) is 0. The Kier molecular flexibility index (Phi) is 3.20. The molecule has 0 spiro atoms. The largest absolute Gasteiger partial charge is 0.508 e. The number of rotatable bonds is 1. The summed E-state index contributed by atoms with van der Waals surface area (Å²) in [4.78, 5) is 2.63. The minimum absolute atomic E-state index is 0.230. The molecule has 3 aromatic carbocycles. The van der Waals surface area contributed by atoms with Crippen LogP contribution >= 0.6 is 11.8 Å². The van der Waals surface area contributed by atoms with Crippen LogP contribution in [0.5, 0.6) is 5.75 Å². The van der Waals surface area contributed by atoms with Gasteiger partial charge in [0.2, 0.25) is 0 Å². The number of phenolic OH excluding ortho intramolecular Hbond substituents is 1. The summed E-state index contributed by atoms with van der Waals surface area (Å²) >= 11 is 1.84. The molecular formula is C20H16OS. The van der Waals surface area contributed by atoms with E-state index in [1.54, 1.807) is 6.07 Å². The molecular weight excluding hydrogens is 288 g/mol. The molecule has 0 fully saturated rings. The Hall–Kier alpha value is -2.19. The van der Waals surface area contributed by atoms with Gasteiger partial charge in [-0.1, -0.05) is 60.3 Å². The van der Waals surface area contributed by atoms with E-state index >= 15 is 0 Å². The minimum atomic E-state index is 0.230. The molecule has 1 aliphatic heterocycles. The summed E-state index contributed by atoms with van der Waals surface area (Å²) in [6, 6.07) is 23.2. The molecule has 0 unspecified atom stereocenters. The maximum Gasteiger partial charge on any atom is 0.118 e. The van der Waals surface area contributed by atoms with Crippen LogP contribution in [0.15, 0.2) is 76.5 Å². The zero-order valence-corrected chi connectivity index (χ0v) is 13.1. The first-order chi connectivity index (χ1) is 10.7. The first-order valence-corrected chi connectivity index (χ1v) is 8.21. The van der Waals surface area contributed by atoms with E-state index in [2.05, 4.69) is 54.6 Å². The van der Waals surface area contributed by atoms with E-state index in [1.807, 2.05) is 24.8 Å². The van der Waals surface area contributed by atoms with Gasteiger partial charge in [-0.3, -0.25) is 0 Å². The van der Waals surface area contributed by atoms with Crippen LogP contribution in [-0.4, -0.2) is 5.11 Å². The van der Waals surface area contributed by atoms with Gasteiger partial charge in [0.05, 0.1) is 0 Å². The van der Waals surface area contributed by atoms with Crippen LogP contribution in [0.4, 0.5) is 0 Å². The lowest BCUT2D eigenvalue weighted by Crippen LogP contribution is -2.10. The Morgan fingerprint density at radius 2 is 1.41 bits per heavy atom. The lowest BCUT2D eigenvalue weighted by atomic mass is 9.84. The highest BCUT2D eigenvalue weighted by Gasteiger charge is 2.27. The van der Waals surface area contributed by atoms with Gasteiger partial charge in [0.1, 0.15) is 5.75 Å². The minimum Gasteiger partial charge on any atom is -0.508 e. The molecule has 3 aromatic rings. The van der Waals surface area contributed by atoms with E-state index in [1.165, 1.54) is 26.5 Å². The predicted molar refractivity (Wildman–Crippen MR) is 90.8 cm³/mol. The fraction of sp³-hybridized carbons (Fsp3) is 0.100. The van der Waals surface area contributed by atoms with Gasteiger partial charge in [0.25, 0.3) is 0 Å².